The van der Waals surface area contributed by atoms with E-state index in [2.05, 4.69) is 0 Å². The van der Waals surface area contributed by atoms with Crippen molar-refractivity contribution in [2.24, 2.45) is 5.92 Å². The van der Waals surface area contributed by atoms with Gasteiger partial charge < -0.3 is 14.2 Å². The van der Waals surface area contributed by atoms with Gasteiger partial charge in [-0.1, -0.05) is 6.07 Å². The summed E-state index contributed by atoms with van der Waals surface area (Å²) in [6, 6.07) is 5.89. The molecule has 1 atom stereocenters. The number of ether oxygens (including phenoxy) is 3. The molecule has 0 radical (unpaired) electrons. The fourth-order valence-electron chi connectivity index (χ4n) is 2.14. The molecule has 1 saturated heterocycles. The van der Waals surface area contributed by atoms with Crippen LogP contribution < -0.4 is 9.47 Å². The van der Waals surface area contributed by atoms with E-state index < -0.39 is 0 Å². The SMILES string of the molecule is CCOc1ccc(C[C@H]2COC(=O)C2)cc1OC. The van der Waals surface area contributed by atoms with E-state index in [0.29, 0.717) is 19.6 Å². The van der Waals surface area contributed by atoms with E-state index in [-0.39, 0.29) is 11.9 Å². The molecule has 1 heterocycles. The lowest BCUT2D eigenvalue weighted by atomic mass is 9.98. The lowest BCUT2D eigenvalue weighted by molar-refractivity contribution is -0.137. The van der Waals surface area contributed by atoms with Crippen molar-refractivity contribution in [1.82, 2.24) is 0 Å². The van der Waals surface area contributed by atoms with Gasteiger partial charge in [0.25, 0.3) is 0 Å². The minimum Gasteiger partial charge on any atom is -0.493 e. The maximum absolute atomic E-state index is 11.0. The van der Waals surface area contributed by atoms with Crippen LogP contribution in [0.2, 0.25) is 0 Å². The summed E-state index contributed by atoms with van der Waals surface area (Å²) in [4.78, 5) is 11.0. The average molecular weight is 250 g/mol. The van der Waals surface area contributed by atoms with Gasteiger partial charge in [-0.05, 0) is 31.0 Å². The maximum Gasteiger partial charge on any atom is 0.306 e. The third kappa shape index (κ3) is 2.94. The first-order valence-electron chi connectivity index (χ1n) is 6.18. The summed E-state index contributed by atoms with van der Waals surface area (Å²) in [6.45, 7) is 3.07. The standard InChI is InChI=1S/C14H18O4/c1-3-17-12-5-4-10(7-13(12)16-2)6-11-8-14(15)18-9-11/h4-5,7,11H,3,6,8-9H2,1-2H3/t11-/m1/s1. The van der Waals surface area contributed by atoms with E-state index in [0.717, 1.165) is 23.5 Å². The fraction of sp³-hybridized carbons (Fsp3) is 0.500. The predicted octanol–water partition coefficient (Wildman–Crippen LogP) is 2.20. The molecule has 0 aromatic heterocycles. The van der Waals surface area contributed by atoms with E-state index in [1.807, 2.05) is 25.1 Å². The summed E-state index contributed by atoms with van der Waals surface area (Å²) in [6.07, 6.45) is 1.34. The summed E-state index contributed by atoms with van der Waals surface area (Å²) in [5, 5.41) is 0. The molecule has 1 aliphatic heterocycles. The van der Waals surface area contributed by atoms with Crippen LogP contribution in [-0.4, -0.2) is 26.3 Å². The molecule has 4 nitrogen and oxygen atoms in total. The summed E-state index contributed by atoms with van der Waals surface area (Å²) >= 11 is 0. The minimum absolute atomic E-state index is 0.0992. The van der Waals surface area contributed by atoms with Gasteiger partial charge in [-0.15, -0.1) is 0 Å². The monoisotopic (exact) mass is 250 g/mol. The molecule has 0 aliphatic carbocycles. The molecule has 2 rings (SSSR count). The normalized spacial score (nSPS) is 18.6. The molecule has 0 amide bonds. The molecular weight excluding hydrogens is 232 g/mol. The summed E-state index contributed by atoms with van der Waals surface area (Å²) < 4.78 is 15.7. The van der Waals surface area contributed by atoms with E-state index in [1.165, 1.54) is 0 Å². The van der Waals surface area contributed by atoms with E-state index in [4.69, 9.17) is 14.2 Å². The predicted molar refractivity (Wildman–Crippen MR) is 66.9 cm³/mol. The van der Waals surface area contributed by atoms with Crippen molar-refractivity contribution >= 4 is 5.97 Å². The fourth-order valence-corrected chi connectivity index (χ4v) is 2.14. The van der Waals surface area contributed by atoms with E-state index >= 15 is 0 Å². The molecule has 1 fully saturated rings. The highest BCUT2D eigenvalue weighted by atomic mass is 16.5. The molecule has 0 spiro atoms. The van der Waals surface area contributed by atoms with Crippen LogP contribution in [-0.2, 0) is 16.0 Å². The van der Waals surface area contributed by atoms with Gasteiger partial charge in [0.1, 0.15) is 0 Å². The number of hydrogen-bond acceptors (Lipinski definition) is 4. The highest BCUT2D eigenvalue weighted by Crippen LogP contribution is 2.30. The van der Waals surface area contributed by atoms with Crippen molar-refractivity contribution in [2.45, 2.75) is 19.8 Å². The second-order valence-electron chi connectivity index (χ2n) is 4.38. The Bertz CT molecular complexity index is 428. The Hall–Kier alpha value is -1.71. The number of methoxy groups -OCH3 is 1. The molecule has 4 heteroatoms. The van der Waals surface area contributed by atoms with Crippen LogP contribution in [0.1, 0.15) is 18.9 Å². The van der Waals surface area contributed by atoms with Crippen molar-refractivity contribution in [2.75, 3.05) is 20.3 Å². The number of carbonyl (C=O) groups is 1. The number of rotatable bonds is 5. The largest absolute Gasteiger partial charge is 0.493 e. The number of benzene rings is 1. The number of cyclic esters (lactones) is 1. The zero-order chi connectivity index (χ0) is 13.0. The molecular formula is C14H18O4. The zero-order valence-electron chi connectivity index (χ0n) is 10.8. The van der Waals surface area contributed by atoms with Crippen LogP contribution in [0.25, 0.3) is 0 Å². The van der Waals surface area contributed by atoms with Gasteiger partial charge in [-0.2, -0.15) is 0 Å². The van der Waals surface area contributed by atoms with Crippen LogP contribution in [0.15, 0.2) is 18.2 Å². The van der Waals surface area contributed by atoms with Crippen molar-refractivity contribution in [3.8, 4) is 11.5 Å². The number of carbonyl (C=O) groups excluding carboxylic acids is 1. The summed E-state index contributed by atoms with van der Waals surface area (Å²) in [5.41, 5.74) is 1.14. The minimum atomic E-state index is -0.0992. The van der Waals surface area contributed by atoms with Crippen molar-refractivity contribution in [1.29, 1.82) is 0 Å². The highest BCUT2D eigenvalue weighted by molar-refractivity contribution is 5.71. The van der Waals surface area contributed by atoms with Crippen LogP contribution in [0.4, 0.5) is 0 Å². The molecule has 0 bridgehead atoms. The second-order valence-corrected chi connectivity index (χ2v) is 4.38. The number of hydrogen-bond donors (Lipinski definition) is 0. The Morgan fingerprint density at radius 2 is 2.22 bits per heavy atom. The molecule has 1 aromatic carbocycles. The smallest absolute Gasteiger partial charge is 0.306 e. The van der Waals surface area contributed by atoms with Crippen LogP contribution >= 0.6 is 0 Å². The van der Waals surface area contributed by atoms with Crippen molar-refractivity contribution < 1.29 is 19.0 Å². The molecule has 1 aliphatic rings. The Morgan fingerprint density at radius 1 is 1.39 bits per heavy atom. The van der Waals surface area contributed by atoms with Gasteiger partial charge in [0.05, 0.1) is 26.7 Å². The van der Waals surface area contributed by atoms with Gasteiger partial charge in [-0.3, -0.25) is 4.79 Å². The van der Waals surface area contributed by atoms with Gasteiger partial charge in [0.2, 0.25) is 0 Å². The lowest BCUT2D eigenvalue weighted by Crippen LogP contribution is -2.04. The van der Waals surface area contributed by atoms with Crippen LogP contribution in [0.3, 0.4) is 0 Å². The van der Waals surface area contributed by atoms with Crippen molar-refractivity contribution in [3.05, 3.63) is 23.8 Å². The first-order chi connectivity index (χ1) is 8.72. The van der Waals surface area contributed by atoms with Gasteiger partial charge in [0, 0.05) is 5.92 Å². The Balaban J connectivity index is 2.07. The molecule has 0 unspecified atom stereocenters. The highest BCUT2D eigenvalue weighted by Gasteiger charge is 2.24. The average Bonchev–Trinajstić information content (AvgIpc) is 2.77. The number of esters is 1. The topological polar surface area (TPSA) is 44.8 Å². The van der Waals surface area contributed by atoms with Crippen LogP contribution in [0.5, 0.6) is 11.5 Å². The molecule has 98 valence electrons. The van der Waals surface area contributed by atoms with E-state index in [1.54, 1.807) is 7.11 Å². The van der Waals surface area contributed by atoms with Crippen LogP contribution in [0, 0.1) is 5.92 Å². The third-order valence-electron chi connectivity index (χ3n) is 2.99. The summed E-state index contributed by atoms with van der Waals surface area (Å²) in [7, 11) is 1.63. The Kier molecular flexibility index (Phi) is 4.07. The molecule has 18 heavy (non-hydrogen) atoms. The lowest BCUT2D eigenvalue weighted by Gasteiger charge is -2.12. The molecule has 0 N–H and O–H groups in total. The first-order valence-corrected chi connectivity index (χ1v) is 6.18. The Labute approximate surface area is 107 Å². The van der Waals surface area contributed by atoms with Crippen molar-refractivity contribution in [3.63, 3.8) is 0 Å². The zero-order valence-corrected chi connectivity index (χ0v) is 10.8. The summed E-state index contributed by atoms with van der Waals surface area (Å²) in [5.74, 6) is 1.67. The van der Waals surface area contributed by atoms with Gasteiger partial charge in [0.15, 0.2) is 11.5 Å². The van der Waals surface area contributed by atoms with Gasteiger partial charge in [-0.25, -0.2) is 0 Å². The molecule has 1 aromatic rings. The third-order valence-corrected chi connectivity index (χ3v) is 2.99. The van der Waals surface area contributed by atoms with E-state index in [9.17, 15) is 4.79 Å². The first kappa shape index (κ1) is 12.7. The van der Waals surface area contributed by atoms with Gasteiger partial charge >= 0.3 is 5.97 Å². The molecule has 0 saturated carbocycles. The Morgan fingerprint density at radius 3 is 2.83 bits per heavy atom. The quantitative estimate of drug-likeness (QED) is 0.751. The maximum atomic E-state index is 11.0. The second kappa shape index (κ2) is 5.76.